The molecule has 1 aromatic carbocycles. The summed E-state index contributed by atoms with van der Waals surface area (Å²) in [6.45, 7) is 6.32. The average molecular weight is 399 g/mol. The number of aromatic nitrogens is 3. The largest absolute Gasteiger partial charge is 0.497 e. The molecule has 4 rings (SSSR count). The van der Waals surface area contributed by atoms with Crippen molar-refractivity contribution in [3.05, 3.63) is 29.8 Å². The fourth-order valence-corrected chi connectivity index (χ4v) is 5.04. The van der Waals surface area contributed by atoms with Crippen molar-refractivity contribution < 1.29 is 9.53 Å². The summed E-state index contributed by atoms with van der Waals surface area (Å²) in [6, 6.07) is 8.68. The van der Waals surface area contributed by atoms with E-state index in [1.54, 1.807) is 7.11 Å². The summed E-state index contributed by atoms with van der Waals surface area (Å²) in [5.74, 6) is 1.37. The van der Waals surface area contributed by atoms with Crippen molar-refractivity contribution in [2.24, 2.45) is 0 Å². The molecule has 3 heterocycles. The van der Waals surface area contributed by atoms with Crippen LogP contribution < -0.4 is 4.74 Å². The van der Waals surface area contributed by atoms with E-state index in [4.69, 9.17) is 4.74 Å². The molecule has 0 aliphatic carbocycles. The molecule has 2 atom stereocenters. The SMILES string of the molecule is COc1ccc2c(c1)cc(C)c1nnc(SCC(=O)N3[C@H](C)CCC[C@H]3C)n12. The van der Waals surface area contributed by atoms with E-state index in [1.165, 1.54) is 18.2 Å². The number of pyridine rings is 1. The van der Waals surface area contributed by atoms with Gasteiger partial charge in [0.2, 0.25) is 5.91 Å². The van der Waals surface area contributed by atoms with E-state index in [-0.39, 0.29) is 5.91 Å². The lowest BCUT2D eigenvalue weighted by atomic mass is 9.98. The second kappa shape index (κ2) is 7.62. The second-order valence-electron chi connectivity index (χ2n) is 7.61. The second-order valence-corrected chi connectivity index (χ2v) is 8.55. The highest BCUT2D eigenvalue weighted by molar-refractivity contribution is 7.99. The molecule has 3 aromatic rings. The molecule has 2 aromatic heterocycles. The van der Waals surface area contributed by atoms with Crippen molar-refractivity contribution in [3.63, 3.8) is 0 Å². The van der Waals surface area contributed by atoms with Crippen LogP contribution in [0.4, 0.5) is 0 Å². The molecule has 0 spiro atoms. The lowest BCUT2D eigenvalue weighted by Gasteiger charge is -2.39. The molecule has 7 heteroatoms. The normalized spacial score (nSPS) is 20.1. The number of piperidine rings is 1. The molecule has 1 amide bonds. The predicted molar refractivity (Wildman–Crippen MR) is 112 cm³/mol. The minimum absolute atomic E-state index is 0.181. The third-order valence-electron chi connectivity index (χ3n) is 5.64. The number of hydrogen-bond acceptors (Lipinski definition) is 5. The Balaban J connectivity index is 1.65. The highest BCUT2D eigenvalue weighted by Gasteiger charge is 2.29. The molecule has 1 aliphatic heterocycles. The Kier molecular flexibility index (Phi) is 5.19. The maximum atomic E-state index is 12.9. The number of methoxy groups -OCH3 is 1. The van der Waals surface area contributed by atoms with Gasteiger partial charge in [0.05, 0.1) is 18.4 Å². The smallest absolute Gasteiger partial charge is 0.233 e. The molecule has 1 aliphatic rings. The van der Waals surface area contributed by atoms with E-state index in [1.807, 2.05) is 34.4 Å². The monoisotopic (exact) mass is 398 g/mol. The van der Waals surface area contributed by atoms with Crippen LogP contribution in [0.3, 0.4) is 0 Å². The van der Waals surface area contributed by atoms with Gasteiger partial charge < -0.3 is 9.64 Å². The van der Waals surface area contributed by atoms with E-state index in [9.17, 15) is 4.79 Å². The van der Waals surface area contributed by atoms with E-state index in [2.05, 4.69) is 30.1 Å². The summed E-state index contributed by atoms with van der Waals surface area (Å²) in [7, 11) is 1.67. The van der Waals surface area contributed by atoms with Crippen molar-refractivity contribution in [1.82, 2.24) is 19.5 Å². The maximum absolute atomic E-state index is 12.9. The Morgan fingerprint density at radius 3 is 2.68 bits per heavy atom. The highest BCUT2D eigenvalue weighted by Crippen LogP contribution is 2.29. The summed E-state index contributed by atoms with van der Waals surface area (Å²) >= 11 is 1.46. The van der Waals surface area contributed by atoms with E-state index >= 15 is 0 Å². The zero-order valence-electron chi connectivity index (χ0n) is 16.8. The Bertz CT molecular complexity index is 1020. The fourth-order valence-electron chi connectivity index (χ4n) is 4.23. The number of hydrogen-bond donors (Lipinski definition) is 0. The van der Waals surface area contributed by atoms with Gasteiger partial charge in [0.15, 0.2) is 10.8 Å². The van der Waals surface area contributed by atoms with Crippen LogP contribution in [0.1, 0.15) is 38.7 Å². The average Bonchev–Trinajstić information content (AvgIpc) is 3.10. The highest BCUT2D eigenvalue weighted by atomic mass is 32.2. The number of aryl methyl sites for hydroxylation is 1. The molecule has 0 saturated carbocycles. The molecule has 6 nitrogen and oxygen atoms in total. The van der Waals surface area contributed by atoms with Crippen LogP contribution in [0.15, 0.2) is 29.4 Å². The van der Waals surface area contributed by atoms with Crippen molar-refractivity contribution >= 4 is 34.2 Å². The van der Waals surface area contributed by atoms with E-state index in [0.29, 0.717) is 17.8 Å². The Hall–Kier alpha value is -2.28. The summed E-state index contributed by atoms with van der Waals surface area (Å²) in [5.41, 5.74) is 2.89. The summed E-state index contributed by atoms with van der Waals surface area (Å²) < 4.78 is 7.40. The quantitative estimate of drug-likeness (QED) is 0.620. The minimum Gasteiger partial charge on any atom is -0.497 e. The summed E-state index contributed by atoms with van der Waals surface area (Å²) in [5, 5.41) is 10.6. The lowest BCUT2D eigenvalue weighted by molar-refractivity contribution is -0.134. The summed E-state index contributed by atoms with van der Waals surface area (Å²) in [4.78, 5) is 14.9. The number of rotatable bonds is 4. The number of amides is 1. The molecule has 1 saturated heterocycles. The van der Waals surface area contributed by atoms with Crippen LogP contribution >= 0.6 is 11.8 Å². The number of benzene rings is 1. The zero-order valence-corrected chi connectivity index (χ0v) is 17.6. The van der Waals surface area contributed by atoms with E-state index < -0.39 is 0 Å². The van der Waals surface area contributed by atoms with Crippen LogP contribution in [0.25, 0.3) is 16.6 Å². The molecular formula is C21H26N4O2S. The number of ether oxygens (including phenoxy) is 1. The maximum Gasteiger partial charge on any atom is 0.233 e. The van der Waals surface area contributed by atoms with Crippen LogP contribution in [-0.2, 0) is 4.79 Å². The third kappa shape index (κ3) is 3.32. The van der Waals surface area contributed by atoms with Crippen molar-refractivity contribution in [1.29, 1.82) is 0 Å². The first-order valence-corrected chi connectivity index (χ1v) is 10.7. The fraction of sp³-hybridized carbons (Fsp3) is 0.476. The number of carbonyl (C=O) groups excluding carboxylic acids is 1. The van der Waals surface area contributed by atoms with Crippen LogP contribution in [0.2, 0.25) is 0 Å². The van der Waals surface area contributed by atoms with Crippen molar-refractivity contribution in [3.8, 4) is 5.75 Å². The van der Waals surface area contributed by atoms with E-state index in [0.717, 1.165) is 45.9 Å². The number of fused-ring (bicyclic) bond motifs is 3. The first-order chi connectivity index (χ1) is 13.5. The Labute approximate surface area is 169 Å². The van der Waals surface area contributed by atoms with Crippen LogP contribution in [0.5, 0.6) is 5.75 Å². The molecule has 148 valence electrons. The van der Waals surface area contributed by atoms with Gasteiger partial charge >= 0.3 is 0 Å². The Morgan fingerprint density at radius 1 is 1.21 bits per heavy atom. The number of thioether (sulfide) groups is 1. The number of likely N-dealkylation sites (tertiary alicyclic amines) is 1. The predicted octanol–water partition coefficient (Wildman–Crippen LogP) is 4.08. The van der Waals surface area contributed by atoms with Gasteiger partial charge in [0, 0.05) is 17.5 Å². The summed E-state index contributed by atoms with van der Waals surface area (Å²) in [6.07, 6.45) is 3.36. The van der Waals surface area contributed by atoms with Gasteiger partial charge in [-0.1, -0.05) is 11.8 Å². The zero-order chi connectivity index (χ0) is 19.8. The van der Waals surface area contributed by atoms with Gasteiger partial charge in [0.25, 0.3) is 0 Å². The first kappa shape index (κ1) is 19.1. The van der Waals surface area contributed by atoms with Gasteiger partial charge in [-0.05, 0) is 69.9 Å². The molecule has 0 N–H and O–H groups in total. The Morgan fingerprint density at radius 2 is 1.96 bits per heavy atom. The van der Waals surface area contributed by atoms with Crippen molar-refractivity contribution in [2.45, 2.75) is 57.3 Å². The van der Waals surface area contributed by atoms with Crippen LogP contribution in [0, 0.1) is 6.92 Å². The van der Waals surface area contributed by atoms with Gasteiger partial charge in [-0.25, -0.2) is 0 Å². The lowest BCUT2D eigenvalue weighted by Crippen LogP contribution is -2.48. The van der Waals surface area contributed by atoms with Gasteiger partial charge in [-0.3, -0.25) is 9.20 Å². The molecule has 0 radical (unpaired) electrons. The van der Waals surface area contributed by atoms with Gasteiger partial charge in [-0.15, -0.1) is 10.2 Å². The molecule has 1 fully saturated rings. The molecule has 0 unspecified atom stereocenters. The first-order valence-electron chi connectivity index (χ1n) is 9.76. The number of nitrogens with zero attached hydrogens (tertiary/aromatic N) is 4. The van der Waals surface area contributed by atoms with Gasteiger partial charge in [-0.2, -0.15) is 0 Å². The molecule has 0 bridgehead atoms. The standard InChI is InChI=1S/C21H26N4O2S/c1-13-10-16-11-17(27-4)8-9-18(16)25-20(13)22-23-21(25)28-12-19(26)24-14(2)6-5-7-15(24)3/h8-11,14-15H,5-7,12H2,1-4H3/t14-,15-/m1/s1. The third-order valence-corrected chi connectivity index (χ3v) is 6.55. The number of carbonyl (C=O) groups is 1. The van der Waals surface area contributed by atoms with Crippen LogP contribution in [-0.4, -0.2) is 50.4 Å². The minimum atomic E-state index is 0.181. The molecular weight excluding hydrogens is 372 g/mol. The topological polar surface area (TPSA) is 59.7 Å². The van der Waals surface area contributed by atoms with Gasteiger partial charge in [0.1, 0.15) is 5.75 Å². The van der Waals surface area contributed by atoms with Crippen molar-refractivity contribution in [2.75, 3.05) is 12.9 Å². The molecule has 28 heavy (non-hydrogen) atoms.